The molecule has 2 aromatic carbocycles. The van der Waals surface area contributed by atoms with Gasteiger partial charge in [0.05, 0.1) is 0 Å². The second-order valence-corrected chi connectivity index (χ2v) is 7.37. The molecule has 3 heteroatoms. The zero-order valence-electron chi connectivity index (χ0n) is 12.1. The Morgan fingerprint density at radius 1 is 1.05 bits per heavy atom. The van der Waals surface area contributed by atoms with Crippen LogP contribution in [0.15, 0.2) is 47.4 Å². The normalized spacial score (nSPS) is 11.6. The van der Waals surface area contributed by atoms with Gasteiger partial charge in [0, 0.05) is 21.4 Å². The van der Waals surface area contributed by atoms with Crippen LogP contribution in [0.1, 0.15) is 31.9 Å². The monoisotopic (exact) mass is 305 g/mol. The molecular weight excluding hydrogens is 286 g/mol. The summed E-state index contributed by atoms with van der Waals surface area (Å²) in [5.74, 6) is 0.832. The highest BCUT2D eigenvalue weighted by Gasteiger charge is 2.12. The highest BCUT2D eigenvalue weighted by atomic mass is 35.5. The third-order valence-electron chi connectivity index (χ3n) is 3.18. The van der Waals surface area contributed by atoms with E-state index in [4.69, 9.17) is 17.3 Å². The van der Waals surface area contributed by atoms with E-state index in [1.54, 1.807) is 11.8 Å². The molecule has 0 unspecified atom stereocenters. The summed E-state index contributed by atoms with van der Waals surface area (Å²) < 4.78 is 0. The molecule has 0 atom stereocenters. The number of halogens is 1. The van der Waals surface area contributed by atoms with E-state index in [-0.39, 0.29) is 5.41 Å². The maximum absolute atomic E-state index is 6.18. The molecule has 20 heavy (non-hydrogen) atoms. The van der Waals surface area contributed by atoms with Gasteiger partial charge in [-0.15, -0.1) is 11.8 Å². The molecule has 2 rings (SSSR count). The van der Waals surface area contributed by atoms with Crippen LogP contribution in [-0.4, -0.2) is 0 Å². The highest BCUT2D eigenvalue weighted by Crippen LogP contribution is 2.30. The van der Waals surface area contributed by atoms with E-state index in [1.165, 1.54) is 10.5 Å². The Kier molecular flexibility index (Phi) is 4.66. The number of hydrogen-bond acceptors (Lipinski definition) is 2. The van der Waals surface area contributed by atoms with E-state index in [0.29, 0.717) is 0 Å². The van der Waals surface area contributed by atoms with Crippen LogP contribution < -0.4 is 5.73 Å². The van der Waals surface area contributed by atoms with Gasteiger partial charge in [-0.2, -0.15) is 0 Å². The lowest BCUT2D eigenvalue weighted by molar-refractivity contribution is 0.590. The van der Waals surface area contributed by atoms with Gasteiger partial charge in [0.25, 0.3) is 0 Å². The van der Waals surface area contributed by atoms with Crippen LogP contribution in [0.3, 0.4) is 0 Å². The summed E-state index contributed by atoms with van der Waals surface area (Å²) in [6.07, 6.45) is 0. The van der Waals surface area contributed by atoms with Crippen molar-refractivity contribution < 1.29 is 0 Å². The average molecular weight is 306 g/mol. The molecule has 2 aromatic rings. The van der Waals surface area contributed by atoms with Gasteiger partial charge in [-0.25, -0.2) is 0 Å². The minimum Gasteiger partial charge on any atom is -0.399 e. The van der Waals surface area contributed by atoms with Gasteiger partial charge >= 0.3 is 0 Å². The van der Waals surface area contributed by atoms with Crippen molar-refractivity contribution in [1.29, 1.82) is 0 Å². The molecule has 0 aliphatic rings. The topological polar surface area (TPSA) is 26.0 Å². The molecule has 1 nitrogen and oxygen atoms in total. The molecule has 106 valence electrons. The maximum atomic E-state index is 6.18. The van der Waals surface area contributed by atoms with E-state index in [0.717, 1.165) is 22.0 Å². The largest absolute Gasteiger partial charge is 0.399 e. The lowest BCUT2D eigenvalue weighted by atomic mass is 9.87. The van der Waals surface area contributed by atoms with E-state index in [1.807, 2.05) is 18.2 Å². The first-order chi connectivity index (χ1) is 9.36. The molecule has 0 saturated carbocycles. The third-order valence-corrected chi connectivity index (χ3v) is 4.61. The van der Waals surface area contributed by atoms with Gasteiger partial charge < -0.3 is 5.73 Å². The van der Waals surface area contributed by atoms with Gasteiger partial charge in [0.15, 0.2) is 0 Å². The van der Waals surface area contributed by atoms with E-state index in [2.05, 4.69) is 45.0 Å². The average Bonchev–Trinajstić information content (AvgIpc) is 2.39. The van der Waals surface area contributed by atoms with Crippen molar-refractivity contribution in [1.82, 2.24) is 0 Å². The first-order valence-electron chi connectivity index (χ1n) is 6.63. The van der Waals surface area contributed by atoms with Gasteiger partial charge in [0.2, 0.25) is 0 Å². The maximum Gasteiger partial charge on any atom is 0.0448 e. The van der Waals surface area contributed by atoms with Crippen molar-refractivity contribution in [3.8, 4) is 0 Å². The van der Waals surface area contributed by atoms with Gasteiger partial charge in [-0.05, 0) is 46.9 Å². The minimum absolute atomic E-state index is 0.195. The minimum atomic E-state index is 0.195. The lowest BCUT2D eigenvalue weighted by Crippen LogP contribution is -2.10. The summed E-state index contributed by atoms with van der Waals surface area (Å²) in [5.41, 5.74) is 9.18. The number of nitrogen functional groups attached to an aromatic ring is 1. The van der Waals surface area contributed by atoms with Crippen molar-refractivity contribution in [2.45, 2.75) is 36.8 Å². The summed E-state index contributed by atoms with van der Waals surface area (Å²) in [4.78, 5) is 1.25. The number of benzene rings is 2. The molecule has 0 amide bonds. The molecule has 0 spiro atoms. The SMILES string of the molecule is CC(C)(C)c1ccc(SCc2cc(N)ccc2Cl)cc1. The summed E-state index contributed by atoms with van der Waals surface area (Å²) in [6.45, 7) is 6.67. The molecule has 0 radical (unpaired) electrons. The Bertz CT molecular complexity index is 585. The zero-order chi connectivity index (χ0) is 14.8. The molecule has 2 N–H and O–H groups in total. The number of hydrogen-bond donors (Lipinski definition) is 1. The predicted molar refractivity (Wildman–Crippen MR) is 90.6 cm³/mol. The summed E-state index contributed by atoms with van der Waals surface area (Å²) in [5, 5.41) is 0.776. The Morgan fingerprint density at radius 3 is 2.30 bits per heavy atom. The van der Waals surface area contributed by atoms with Crippen molar-refractivity contribution in [2.24, 2.45) is 0 Å². The fourth-order valence-corrected chi connectivity index (χ4v) is 3.07. The van der Waals surface area contributed by atoms with Crippen molar-refractivity contribution in [3.63, 3.8) is 0 Å². The second-order valence-electron chi connectivity index (χ2n) is 5.91. The van der Waals surface area contributed by atoms with E-state index >= 15 is 0 Å². The summed E-state index contributed by atoms with van der Waals surface area (Å²) in [7, 11) is 0. The van der Waals surface area contributed by atoms with Crippen LogP contribution in [-0.2, 0) is 11.2 Å². The first-order valence-corrected chi connectivity index (χ1v) is 8.00. The Morgan fingerprint density at radius 2 is 1.70 bits per heavy atom. The lowest BCUT2D eigenvalue weighted by Gasteiger charge is -2.19. The second kappa shape index (κ2) is 6.11. The zero-order valence-corrected chi connectivity index (χ0v) is 13.7. The molecule has 0 heterocycles. The molecule has 0 aliphatic heterocycles. The number of rotatable bonds is 3. The van der Waals surface area contributed by atoms with Crippen molar-refractivity contribution >= 4 is 29.1 Å². The summed E-state index contributed by atoms with van der Waals surface area (Å²) in [6, 6.07) is 14.4. The van der Waals surface area contributed by atoms with Crippen LogP contribution in [0.4, 0.5) is 5.69 Å². The fraction of sp³-hybridized carbons (Fsp3) is 0.294. The molecule has 0 aliphatic carbocycles. The quantitative estimate of drug-likeness (QED) is 0.597. The number of anilines is 1. The molecule has 0 bridgehead atoms. The fourth-order valence-electron chi connectivity index (χ4n) is 1.92. The van der Waals surface area contributed by atoms with Crippen LogP contribution in [0.5, 0.6) is 0 Å². The molecule has 0 fully saturated rings. The summed E-state index contributed by atoms with van der Waals surface area (Å²) >= 11 is 7.95. The van der Waals surface area contributed by atoms with Gasteiger partial charge in [-0.1, -0.05) is 44.5 Å². The third kappa shape index (κ3) is 3.94. The number of nitrogens with two attached hydrogens (primary N) is 1. The molecule has 0 saturated heterocycles. The van der Waals surface area contributed by atoms with E-state index < -0.39 is 0 Å². The van der Waals surface area contributed by atoms with Crippen LogP contribution in [0.2, 0.25) is 5.02 Å². The van der Waals surface area contributed by atoms with Gasteiger partial charge in [0.1, 0.15) is 0 Å². The Labute approximate surface area is 130 Å². The standard InChI is InChI=1S/C17H20ClNS/c1-17(2,3)13-4-7-15(8-5-13)20-11-12-10-14(19)6-9-16(12)18/h4-10H,11,19H2,1-3H3. The molecular formula is C17H20ClNS. The smallest absolute Gasteiger partial charge is 0.0448 e. The van der Waals surface area contributed by atoms with Crippen molar-refractivity contribution in [2.75, 3.05) is 5.73 Å². The predicted octanol–water partition coefficient (Wildman–Crippen LogP) is 5.51. The number of thioether (sulfide) groups is 1. The molecule has 0 aromatic heterocycles. The highest BCUT2D eigenvalue weighted by molar-refractivity contribution is 7.98. The van der Waals surface area contributed by atoms with Crippen LogP contribution in [0, 0.1) is 0 Å². The Balaban J connectivity index is 2.06. The van der Waals surface area contributed by atoms with Crippen molar-refractivity contribution in [3.05, 3.63) is 58.6 Å². The Hall–Kier alpha value is -1.12. The first kappa shape index (κ1) is 15.3. The van der Waals surface area contributed by atoms with Crippen LogP contribution >= 0.6 is 23.4 Å². The van der Waals surface area contributed by atoms with Gasteiger partial charge in [-0.3, -0.25) is 0 Å². The van der Waals surface area contributed by atoms with E-state index in [9.17, 15) is 0 Å². The van der Waals surface area contributed by atoms with Crippen LogP contribution in [0.25, 0.3) is 0 Å².